The Morgan fingerprint density at radius 1 is 0.868 bits per heavy atom. The van der Waals surface area contributed by atoms with E-state index in [4.69, 9.17) is 11.6 Å². The number of aromatic nitrogens is 4. The zero-order chi connectivity index (χ0) is 28.1. The van der Waals surface area contributed by atoms with E-state index in [1.807, 2.05) is 0 Å². The lowest BCUT2D eigenvalue weighted by molar-refractivity contribution is 0.0997. The first-order chi connectivity index (χ1) is 17.9. The van der Waals surface area contributed by atoms with Crippen LogP contribution in [0.15, 0.2) is 47.3 Å². The quantitative estimate of drug-likeness (QED) is 0.206. The van der Waals surface area contributed by atoms with E-state index in [0.717, 1.165) is 51.8 Å². The minimum Gasteiger partial charge on any atom is -0.298 e. The van der Waals surface area contributed by atoms with Gasteiger partial charge in [-0.3, -0.25) is 24.3 Å². The number of Topliss-reactive ketones (excluding diaryl/α,β-unsaturated/α-hetero) is 2. The molecule has 2 aromatic heterocycles. The molecular formula is C25H19ClF4N4O4. The summed E-state index contributed by atoms with van der Waals surface area (Å²) >= 11 is 5.93. The minimum absolute atomic E-state index is 0.0270. The van der Waals surface area contributed by atoms with Crippen molar-refractivity contribution in [1.82, 2.24) is 19.6 Å². The number of halogens is 5. The number of nitrogens with one attached hydrogen (secondary N) is 1. The summed E-state index contributed by atoms with van der Waals surface area (Å²) in [5.74, 6) is -3.58. The first-order valence-corrected chi connectivity index (χ1v) is 11.2. The van der Waals surface area contributed by atoms with E-state index in [1.54, 1.807) is 0 Å². The molecular weight excluding hydrogens is 532 g/mol. The molecule has 8 nitrogen and oxygen atoms in total. The van der Waals surface area contributed by atoms with Gasteiger partial charge in [0.05, 0.1) is 18.7 Å². The zero-order valence-electron chi connectivity index (χ0n) is 19.9. The number of hydrogen-bond acceptors (Lipinski definition) is 5. The van der Waals surface area contributed by atoms with Crippen LogP contribution in [0.5, 0.6) is 0 Å². The molecule has 0 saturated heterocycles. The van der Waals surface area contributed by atoms with Gasteiger partial charge in [0.25, 0.3) is 5.56 Å². The molecule has 4 rings (SSSR count). The van der Waals surface area contributed by atoms with Crippen molar-refractivity contribution in [3.8, 4) is 0 Å². The molecule has 2 aromatic carbocycles. The van der Waals surface area contributed by atoms with Crippen LogP contribution in [-0.2, 0) is 13.1 Å². The average Bonchev–Trinajstić information content (AvgIpc) is 3.32. The smallest absolute Gasteiger partial charge is 0.267 e. The van der Waals surface area contributed by atoms with Gasteiger partial charge in [0.1, 0.15) is 39.8 Å². The van der Waals surface area contributed by atoms with Crippen LogP contribution >= 0.6 is 11.6 Å². The van der Waals surface area contributed by atoms with Crippen molar-refractivity contribution in [3.05, 3.63) is 109 Å². The summed E-state index contributed by atoms with van der Waals surface area (Å²) in [4.78, 5) is 44.8. The van der Waals surface area contributed by atoms with Crippen molar-refractivity contribution in [2.45, 2.75) is 26.9 Å². The van der Waals surface area contributed by atoms with Gasteiger partial charge in [-0.1, -0.05) is 11.6 Å². The van der Waals surface area contributed by atoms with Gasteiger partial charge >= 0.3 is 0 Å². The lowest BCUT2D eigenvalue weighted by Gasteiger charge is -2.04. The van der Waals surface area contributed by atoms with Crippen LogP contribution in [0.25, 0.3) is 0 Å². The van der Waals surface area contributed by atoms with Crippen LogP contribution in [0.3, 0.4) is 0 Å². The molecule has 0 bridgehead atoms. The Bertz CT molecular complexity index is 1550. The standard InChI is InChI=1S/C13H9ClF2N2O2.C12H10F2N2O2/c1-7(20)12-11(6-19)13(14)18(17-12)5-8-2-9(15)4-10(16)3-8;1-7(17)11-5-12(18)16(15-11)6-8-2-9(13)4-10(14)3-8/h2-4,6H,5H2,1H3;2-5,15H,6H2,1H3. The van der Waals surface area contributed by atoms with Crippen molar-refractivity contribution < 1.29 is 31.9 Å². The Balaban J connectivity index is 0.000000212. The maximum absolute atomic E-state index is 13.1. The van der Waals surface area contributed by atoms with Gasteiger partial charge in [-0.05, 0) is 35.4 Å². The van der Waals surface area contributed by atoms with Gasteiger partial charge in [-0.15, -0.1) is 0 Å². The molecule has 2 heterocycles. The van der Waals surface area contributed by atoms with Gasteiger partial charge in [-0.2, -0.15) is 5.10 Å². The summed E-state index contributed by atoms with van der Waals surface area (Å²) in [5.41, 5.74) is 0.214. The second-order valence-corrected chi connectivity index (χ2v) is 8.45. The summed E-state index contributed by atoms with van der Waals surface area (Å²) in [7, 11) is 0. The van der Waals surface area contributed by atoms with E-state index in [9.17, 15) is 36.7 Å². The first-order valence-electron chi connectivity index (χ1n) is 10.8. The Morgan fingerprint density at radius 3 is 1.76 bits per heavy atom. The van der Waals surface area contributed by atoms with Crippen molar-refractivity contribution in [1.29, 1.82) is 0 Å². The van der Waals surface area contributed by atoms with Crippen molar-refractivity contribution in [3.63, 3.8) is 0 Å². The molecule has 0 spiro atoms. The molecule has 0 aliphatic carbocycles. The lowest BCUT2D eigenvalue weighted by atomic mass is 10.2. The van der Waals surface area contributed by atoms with E-state index in [1.165, 1.54) is 13.8 Å². The molecule has 198 valence electrons. The summed E-state index contributed by atoms with van der Waals surface area (Å²) in [6, 6.07) is 7.14. The molecule has 38 heavy (non-hydrogen) atoms. The van der Waals surface area contributed by atoms with Crippen LogP contribution < -0.4 is 5.56 Å². The maximum atomic E-state index is 13.1. The number of carbonyl (C=O) groups excluding carboxylic acids is 3. The number of hydrogen-bond donors (Lipinski definition) is 1. The Hall–Kier alpha value is -4.32. The van der Waals surface area contributed by atoms with E-state index in [2.05, 4.69) is 10.2 Å². The Kier molecular flexibility index (Phi) is 8.79. The third-order valence-electron chi connectivity index (χ3n) is 5.06. The molecule has 0 fully saturated rings. The van der Waals surface area contributed by atoms with Crippen LogP contribution in [0.4, 0.5) is 17.6 Å². The molecule has 0 radical (unpaired) electrons. The van der Waals surface area contributed by atoms with Gasteiger partial charge in [0.15, 0.2) is 17.9 Å². The third kappa shape index (κ3) is 6.91. The first kappa shape index (κ1) is 28.3. The van der Waals surface area contributed by atoms with Crippen LogP contribution in [0, 0.1) is 23.3 Å². The number of rotatable bonds is 7. The highest BCUT2D eigenvalue weighted by Crippen LogP contribution is 2.20. The molecule has 0 aliphatic heterocycles. The van der Waals surface area contributed by atoms with E-state index >= 15 is 0 Å². The van der Waals surface area contributed by atoms with Crippen molar-refractivity contribution in [2.24, 2.45) is 0 Å². The number of carbonyl (C=O) groups is 3. The van der Waals surface area contributed by atoms with Crippen molar-refractivity contribution in [2.75, 3.05) is 0 Å². The van der Waals surface area contributed by atoms with Crippen LogP contribution in [0.2, 0.25) is 5.15 Å². The molecule has 13 heteroatoms. The van der Waals surface area contributed by atoms with Gasteiger partial charge in [-0.25, -0.2) is 26.9 Å². The number of aromatic amines is 1. The average molecular weight is 551 g/mol. The van der Waals surface area contributed by atoms with Gasteiger partial charge in [0.2, 0.25) is 0 Å². The zero-order valence-corrected chi connectivity index (χ0v) is 20.7. The minimum atomic E-state index is -0.731. The Morgan fingerprint density at radius 2 is 1.37 bits per heavy atom. The molecule has 4 aromatic rings. The number of nitrogens with zero attached hydrogens (tertiary/aromatic N) is 3. The monoisotopic (exact) mass is 550 g/mol. The SMILES string of the molecule is CC(=O)c1cc(=O)n(Cc2cc(F)cc(F)c2)[nH]1.CC(=O)c1nn(Cc2cc(F)cc(F)c2)c(Cl)c1C=O. The molecule has 0 unspecified atom stereocenters. The van der Waals surface area contributed by atoms with Crippen LogP contribution in [0.1, 0.15) is 56.3 Å². The maximum Gasteiger partial charge on any atom is 0.267 e. The van der Waals surface area contributed by atoms with E-state index in [-0.39, 0.29) is 46.5 Å². The highest BCUT2D eigenvalue weighted by Gasteiger charge is 2.19. The second kappa shape index (κ2) is 11.8. The van der Waals surface area contributed by atoms with Gasteiger partial charge in [0, 0.05) is 32.0 Å². The molecule has 0 atom stereocenters. The summed E-state index contributed by atoms with van der Waals surface area (Å²) < 4.78 is 54.4. The van der Waals surface area contributed by atoms with E-state index < -0.39 is 34.6 Å². The van der Waals surface area contributed by atoms with Gasteiger partial charge < -0.3 is 0 Å². The topological polar surface area (TPSA) is 107 Å². The fourth-order valence-electron chi connectivity index (χ4n) is 3.42. The predicted molar refractivity (Wildman–Crippen MR) is 129 cm³/mol. The van der Waals surface area contributed by atoms with Crippen molar-refractivity contribution >= 4 is 29.5 Å². The fourth-order valence-corrected chi connectivity index (χ4v) is 3.65. The largest absolute Gasteiger partial charge is 0.298 e. The third-order valence-corrected chi connectivity index (χ3v) is 5.46. The van der Waals surface area contributed by atoms with E-state index in [0.29, 0.717) is 11.8 Å². The van der Waals surface area contributed by atoms with Crippen LogP contribution in [-0.4, -0.2) is 37.4 Å². The highest BCUT2D eigenvalue weighted by atomic mass is 35.5. The molecule has 0 amide bonds. The number of benzene rings is 2. The normalized spacial score (nSPS) is 10.6. The summed E-state index contributed by atoms with van der Waals surface area (Å²) in [5, 5.41) is 6.43. The Labute approximate surface area is 217 Å². The lowest BCUT2D eigenvalue weighted by Crippen LogP contribution is -2.16. The second-order valence-electron chi connectivity index (χ2n) is 8.09. The fraction of sp³-hybridized carbons (Fsp3) is 0.160. The highest BCUT2D eigenvalue weighted by molar-refractivity contribution is 6.32. The number of aldehydes is 1. The summed E-state index contributed by atoms with van der Waals surface area (Å²) in [6.45, 7) is 2.48. The molecule has 1 N–H and O–H groups in total. The summed E-state index contributed by atoms with van der Waals surface area (Å²) in [6.07, 6.45) is 0.425. The molecule has 0 saturated carbocycles. The molecule has 0 aliphatic rings. The number of H-pyrrole nitrogens is 1. The number of ketones is 2. The predicted octanol–water partition coefficient (Wildman–Crippen LogP) is 4.58.